The van der Waals surface area contributed by atoms with E-state index in [4.69, 9.17) is 0 Å². The van der Waals surface area contributed by atoms with E-state index in [0.717, 1.165) is 31.2 Å². The van der Waals surface area contributed by atoms with E-state index in [9.17, 15) is 27.6 Å². The van der Waals surface area contributed by atoms with Crippen molar-refractivity contribution in [3.63, 3.8) is 0 Å². The number of hydrogen-bond acceptors (Lipinski definition) is 7. The lowest BCUT2D eigenvalue weighted by atomic mass is 10.1. The molecular weight excluding hydrogens is 491 g/mol. The van der Waals surface area contributed by atoms with Crippen molar-refractivity contribution in [3.05, 3.63) is 68.8 Å². The number of nitrogens with zero attached hydrogens (tertiary/aromatic N) is 5. The predicted molar refractivity (Wildman–Crippen MR) is 128 cm³/mol. The maximum Gasteiger partial charge on any atom is 0.433 e. The van der Waals surface area contributed by atoms with Crippen molar-refractivity contribution < 1.29 is 18.0 Å². The van der Waals surface area contributed by atoms with E-state index in [1.165, 1.54) is 15.3 Å². The third-order valence-electron chi connectivity index (χ3n) is 6.01. The molecule has 0 saturated heterocycles. The first-order valence-electron chi connectivity index (χ1n) is 11.7. The molecule has 4 aromatic heterocycles. The van der Waals surface area contributed by atoms with Gasteiger partial charge in [0, 0.05) is 36.1 Å². The molecule has 0 unspecified atom stereocenters. The van der Waals surface area contributed by atoms with Gasteiger partial charge in [0.25, 0.3) is 5.56 Å². The van der Waals surface area contributed by atoms with Gasteiger partial charge >= 0.3 is 11.9 Å². The van der Waals surface area contributed by atoms with Gasteiger partial charge in [0.05, 0.1) is 6.54 Å². The molecule has 0 aromatic carbocycles. The molecule has 10 nitrogen and oxygen atoms in total. The van der Waals surface area contributed by atoms with Crippen LogP contribution in [-0.2, 0) is 12.7 Å². The number of alkyl halides is 3. The number of hydrogen-bond donors (Lipinski definition) is 2. The van der Waals surface area contributed by atoms with Gasteiger partial charge in [-0.3, -0.25) is 23.7 Å². The third kappa shape index (κ3) is 4.76. The molecule has 4 heterocycles. The zero-order valence-electron chi connectivity index (χ0n) is 19.7. The van der Waals surface area contributed by atoms with Gasteiger partial charge in [0.2, 0.25) is 0 Å². The largest absolute Gasteiger partial charge is 0.433 e. The first-order valence-corrected chi connectivity index (χ1v) is 11.7. The molecule has 0 aliphatic heterocycles. The van der Waals surface area contributed by atoms with Crippen LogP contribution in [0.1, 0.15) is 48.3 Å². The van der Waals surface area contributed by atoms with Crippen LogP contribution in [0, 0.1) is 0 Å². The summed E-state index contributed by atoms with van der Waals surface area (Å²) in [5.41, 5.74) is -0.670. The molecule has 0 atom stereocenters. The molecule has 0 bridgehead atoms. The summed E-state index contributed by atoms with van der Waals surface area (Å²) >= 11 is 0. The van der Waals surface area contributed by atoms with Crippen LogP contribution < -0.4 is 16.6 Å². The average molecular weight is 513 g/mol. The van der Waals surface area contributed by atoms with Gasteiger partial charge in [0.1, 0.15) is 22.9 Å². The van der Waals surface area contributed by atoms with Crippen molar-refractivity contribution >= 4 is 22.8 Å². The minimum atomic E-state index is -4.58. The Kier molecular flexibility index (Phi) is 6.13. The number of nitrogens with one attached hydrogen (secondary N) is 2. The number of anilines is 1. The highest BCUT2D eigenvalue weighted by Crippen LogP contribution is 2.32. The fourth-order valence-corrected chi connectivity index (χ4v) is 3.99. The second-order valence-corrected chi connectivity index (χ2v) is 8.76. The highest BCUT2D eigenvalue weighted by molar-refractivity contribution is 5.98. The van der Waals surface area contributed by atoms with Gasteiger partial charge in [-0.25, -0.2) is 14.8 Å². The molecule has 0 radical (unpaired) electrons. The monoisotopic (exact) mass is 513 g/mol. The smallest absolute Gasteiger partial charge is 0.363 e. The number of pyridine rings is 2. The number of carbonyl (C=O) groups is 1. The Morgan fingerprint density at radius 3 is 2.51 bits per heavy atom. The zero-order valence-corrected chi connectivity index (χ0v) is 19.7. The van der Waals surface area contributed by atoms with Crippen LogP contribution in [0.4, 0.5) is 19.0 Å². The summed E-state index contributed by atoms with van der Waals surface area (Å²) in [4.78, 5) is 53.3. The number of rotatable bonds is 8. The number of Topliss-reactive ketones (excluding diaryl/α,β-unsaturated/α-hetero) is 1. The fraction of sp³-hybridized carbons (Fsp3) is 0.333. The molecule has 1 aliphatic rings. The van der Waals surface area contributed by atoms with Crippen molar-refractivity contribution in [3.8, 4) is 11.4 Å². The van der Waals surface area contributed by atoms with E-state index >= 15 is 0 Å². The normalized spacial score (nSPS) is 13.7. The van der Waals surface area contributed by atoms with Crippen molar-refractivity contribution in [1.29, 1.82) is 0 Å². The van der Waals surface area contributed by atoms with Gasteiger partial charge in [0.15, 0.2) is 11.4 Å². The summed E-state index contributed by atoms with van der Waals surface area (Å²) in [6.07, 6.45) is 0.0932. The molecule has 0 amide bonds. The first kappa shape index (κ1) is 24.4. The van der Waals surface area contributed by atoms with Crippen molar-refractivity contribution in [2.24, 2.45) is 0 Å². The summed E-state index contributed by atoms with van der Waals surface area (Å²) < 4.78 is 40.7. The summed E-state index contributed by atoms with van der Waals surface area (Å²) in [5, 5.41) is 2.82. The molecule has 0 spiro atoms. The minimum absolute atomic E-state index is 0.0365. The second kappa shape index (κ2) is 9.30. The van der Waals surface area contributed by atoms with Gasteiger partial charge < -0.3 is 10.3 Å². The molecule has 4 aromatic rings. The SMILES string of the molecule is CCCn1c(=O)n(C2CC2)c(=O)c2[nH]c(-c3ccc(NCC(=O)c4ccc(C(F)(F)F)nc4)nc3)nc21. The second-order valence-electron chi connectivity index (χ2n) is 8.76. The number of ketones is 1. The Morgan fingerprint density at radius 1 is 1.14 bits per heavy atom. The Morgan fingerprint density at radius 2 is 1.92 bits per heavy atom. The lowest BCUT2D eigenvalue weighted by Gasteiger charge is -2.09. The molecular formula is C24H22F3N7O3. The Bertz CT molecular complexity index is 1580. The Labute approximate surface area is 207 Å². The van der Waals surface area contributed by atoms with Crippen LogP contribution in [0.15, 0.2) is 46.2 Å². The fourth-order valence-electron chi connectivity index (χ4n) is 3.99. The number of halogens is 3. The zero-order chi connectivity index (χ0) is 26.3. The quantitative estimate of drug-likeness (QED) is 0.346. The molecule has 13 heteroatoms. The maximum absolute atomic E-state index is 13.0. The number of H-pyrrole nitrogens is 1. The van der Waals surface area contributed by atoms with E-state index in [2.05, 4.69) is 25.3 Å². The number of imidazole rings is 1. The molecule has 1 fully saturated rings. The molecule has 37 heavy (non-hydrogen) atoms. The van der Waals surface area contributed by atoms with Crippen LogP contribution >= 0.6 is 0 Å². The number of aryl methyl sites for hydroxylation is 1. The predicted octanol–water partition coefficient (Wildman–Crippen LogP) is 3.40. The minimum Gasteiger partial charge on any atom is -0.363 e. The molecule has 192 valence electrons. The summed E-state index contributed by atoms with van der Waals surface area (Å²) in [5.74, 6) is 0.271. The van der Waals surface area contributed by atoms with E-state index in [1.807, 2.05) is 6.92 Å². The van der Waals surface area contributed by atoms with Crippen LogP contribution in [0.25, 0.3) is 22.6 Å². The summed E-state index contributed by atoms with van der Waals surface area (Å²) in [6.45, 7) is 2.16. The molecule has 1 saturated carbocycles. The average Bonchev–Trinajstić information content (AvgIpc) is 3.61. The van der Waals surface area contributed by atoms with Crippen molar-refractivity contribution in [2.75, 3.05) is 11.9 Å². The highest BCUT2D eigenvalue weighted by atomic mass is 19.4. The van der Waals surface area contributed by atoms with Gasteiger partial charge in [-0.15, -0.1) is 0 Å². The lowest BCUT2D eigenvalue weighted by Crippen LogP contribution is -2.39. The van der Waals surface area contributed by atoms with Gasteiger partial charge in [-0.1, -0.05) is 6.92 Å². The maximum atomic E-state index is 13.0. The topological polar surface area (TPSA) is 128 Å². The standard InChI is InChI=1S/C24H22F3N7O3/c1-2-9-33-21-19(22(36)34(23(33)37)15-5-6-15)31-20(32-21)14-4-8-18(29-11-14)30-12-16(35)13-3-7-17(28-10-13)24(25,26)27/h3-4,7-8,10-11,15H,2,5-6,9,12H2,1H3,(H,29,30)(H,31,32). The Hall–Kier alpha value is -4.29. The van der Waals surface area contributed by atoms with E-state index in [1.54, 1.807) is 12.1 Å². The van der Waals surface area contributed by atoms with Gasteiger partial charge in [-0.2, -0.15) is 13.2 Å². The lowest BCUT2D eigenvalue weighted by molar-refractivity contribution is -0.141. The Balaban J connectivity index is 1.34. The third-order valence-corrected chi connectivity index (χ3v) is 6.01. The van der Waals surface area contributed by atoms with E-state index in [-0.39, 0.29) is 29.4 Å². The van der Waals surface area contributed by atoms with E-state index < -0.39 is 23.2 Å². The molecule has 5 rings (SSSR count). The number of fused-ring (bicyclic) bond motifs is 1. The van der Waals surface area contributed by atoms with Crippen molar-refractivity contribution in [2.45, 2.75) is 44.9 Å². The van der Waals surface area contributed by atoms with Crippen molar-refractivity contribution in [1.82, 2.24) is 29.1 Å². The molecule has 2 N–H and O–H groups in total. The van der Waals surface area contributed by atoms with Crippen LogP contribution in [0.2, 0.25) is 0 Å². The van der Waals surface area contributed by atoms with E-state index in [0.29, 0.717) is 35.8 Å². The number of carbonyl (C=O) groups excluding carboxylic acids is 1. The number of aromatic amines is 1. The van der Waals surface area contributed by atoms with Crippen LogP contribution in [0.5, 0.6) is 0 Å². The van der Waals surface area contributed by atoms with Crippen LogP contribution in [0.3, 0.4) is 0 Å². The summed E-state index contributed by atoms with van der Waals surface area (Å²) in [6, 6.07) is 5.04. The molecule has 1 aliphatic carbocycles. The number of aromatic nitrogens is 6. The van der Waals surface area contributed by atoms with Crippen LogP contribution in [-0.4, -0.2) is 41.4 Å². The summed E-state index contributed by atoms with van der Waals surface area (Å²) in [7, 11) is 0. The first-order chi connectivity index (χ1) is 17.7. The highest BCUT2D eigenvalue weighted by Gasteiger charge is 2.32. The van der Waals surface area contributed by atoms with Gasteiger partial charge in [-0.05, 0) is 43.5 Å².